The number of para-hydroxylation sites is 2. The predicted octanol–water partition coefficient (Wildman–Crippen LogP) is 5.77. The van der Waals surface area contributed by atoms with Gasteiger partial charge >= 0.3 is 0 Å². The average Bonchev–Trinajstić information content (AvgIpc) is 2.79. The van der Waals surface area contributed by atoms with E-state index in [0.717, 1.165) is 28.5 Å². The summed E-state index contributed by atoms with van der Waals surface area (Å²) in [5.41, 5.74) is 4.45. The molecule has 0 aliphatic heterocycles. The summed E-state index contributed by atoms with van der Waals surface area (Å²) in [7, 11) is 0. The molecule has 1 aromatic heterocycles. The summed E-state index contributed by atoms with van der Waals surface area (Å²) < 4.78 is 6.01. The molecule has 0 spiro atoms. The SMILES string of the molecule is C/C(=C\c1cccc2c1oc1ccccc12)CCBr. The Bertz CT molecular complexity index is 752. The van der Waals surface area contributed by atoms with E-state index in [1.807, 2.05) is 12.1 Å². The summed E-state index contributed by atoms with van der Waals surface area (Å²) >= 11 is 3.48. The second-order valence-electron chi connectivity index (χ2n) is 4.75. The van der Waals surface area contributed by atoms with Crippen LogP contribution < -0.4 is 0 Å². The lowest BCUT2D eigenvalue weighted by Crippen LogP contribution is -1.80. The number of hydrogen-bond acceptors (Lipinski definition) is 1. The third-order valence-corrected chi connectivity index (χ3v) is 3.72. The summed E-state index contributed by atoms with van der Waals surface area (Å²) in [6.45, 7) is 2.16. The van der Waals surface area contributed by atoms with E-state index < -0.39 is 0 Å². The highest BCUT2D eigenvalue weighted by atomic mass is 79.9. The molecule has 0 atom stereocenters. The van der Waals surface area contributed by atoms with Crippen LogP contribution in [0.1, 0.15) is 18.9 Å². The first kappa shape index (κ1) is 12.5. The Kier molecular flexibility index (Phi) is 3.43. The number of fused-ring (bicyclic) bond motifs is 3. The molecule has 0 radical (unpaired) electrons. The van der Waals surface area contributed by atoms with Gasteiger partial charge in [-0.2, -0.15) is 0 Å². The van der Waals surface area contributed by atoms with E-state index in [1.165, 1.54) is 16.3 Å². The number of benzene rings is 2. The van der Waals surface area contributed by atoms with Gasteiger partial charge in [-0.3, -0.25) is 0 Å². The summed E-state index contributed by atoms with van der Waals surface area (Å²) in [6, 6.07) is 14.5. The molecule has 3 aromatic rings. The number of rotatable bonds is 3. The van der Waals surface area contributed by atoms with Crippen LogP contribution in [0.4, 0.5) is 0 Å². The molecule has 2 heteroatoms. The second-order valence-corrected chi connectivity index (χ2v) is 5.54. The van der Waals surface area contributed by atoms with Gasteiger partial charge in [-0.15, -0.1) is 0 Å². The molecule has 0 bridgehead atoms. The first-order chi connectivity index (χ1) is 9.29. The molecule has 0 saturated carbocycles. The topological polar surface area (TPSA) is 13.1 Å². The van der Waals surface area contributed by atoms with Crippen molar-refractivity contribution in [1.82, 2.24) is 0 Å². The van der Waals surface area contributed by atoms with Gasteiger partial charge in [0.2, 0.25) is 0 Å². The number of halogens is 1. The Morgan fingerprint density at radius 1 is 1.11 bits per heavy atom. The van der Waals surface area contributed by atoms with Crippen LogP contribution in [0.15, 0.2) is 52.5 Å². The molecule has 96 valence electrons. The minimum absolute atomic E-state index is 0.955. The van der Waals surface area contributed by atoms with Gasteiger partial charge in [0.05, 0.1) is 0 Å². The maximum Gasteiger partial charge on any atom is 0.142 e. The fraction of sp³-hybridized carbons (Fsp3) is 0.176. The number of furan rings is 1. The van der Waals surface area contributed by atoms with Crippen molar-refractivity contribution in [1.29, 1.82) is 0 Å². The largest absolute Gasteiger partial charge is 0.455 e. The smallest absolute Gasteiger partial charge is 0.142 e. The molecule has 0 aliphatic carbocycles. The Hall–Kier alpha value is -1.54. The minimum atomic E-state index is 0.955. The molecule has 0 fully saturated rings. The van der Waals surface area contributed by atoms with E-state index in [4.69, 9.17) is 4.42 Å². The molecular weight excluding hydrogens is 300 g/mol. The maximum atomic E-state index is 6.01. The third kappa shape index (κ3) is 2.33. The van der Waals surface area contributed by atoms with Crippen LogP contribution in [0.3, 0.4) is 0 Å². The van der Waals surface area contributed by atoms with E-state index in [0.29, 0.717) is 0 Å². The fourth-order valence-corrected chi connectivity index (χ4v) is 2.99. The summed E-state index contributed by atoms with van der Waals surface area (Å²) in [5, 5.41) is 3.37. The van der Waals surface area contributed by atoms with E-state index in [-0.39, 0.29) is 0 Å². The molecule has 0 N–H and O–H groups in total. The van der Waals surface area contributed by atoms with Crippen LogP contribution in [0, 0.1) is 0 Å². The van der Waals surface area contributed by atoms with Gasteiger partial charge in [0.15, 0.2) is 0 Å². The first-order valence-corrected chi connectivity index (χ1v) is 7.55. The Balaban J connectivity index is 2.23. The summed E-state index contributed by atoms with van der Waals surface area (Å²) in [6.07, 6.45) is 3.27. The van der Waals surface area contributed by atoms with Crippen molar-refractivity contribution in [3.8, 4) is 0 Å². The first-order valence-electron chi connectivity index (χ1n) is 6.43. The predicted molar refractivity (Wildman–Crippen MR) is 85.8 cm³/mol. The lowest BCUT2D eigenvalue weighted by Gasteiger charge is -1.99. The number of allylic oxidation sites excluding steroid dienone is 1. The van der Waals surface area contributed by atoms with Crippen molar-refractivity contribution in [2.75, 3.05) is 5.33 Å². The Labute approximate surface area is 121 Å². The van der Waals surface area contributed by atoms with Crippen LogP contribution >= 0.6 is 15.9 Å². The average molecular weight is 315 g/mol. The van der Waals surface area contributed by atoms with Gasteiger partial charge in [-0.25, -0.2) is 0 Å². The van der Waals surface area contributed by atoms with E-state index >= 15 is 0 Å². The van der Waals surface area contributed by atoms with Gasteiger partial charge in [0.25, 0.3) is 0 Å². The minimum Gasteiger partial charge on any atom is -0.455 e. The molecule has 0 aliphatic rings. The van der Waals surface area contributed by atoms with Gasteiger partial charge in [0, 0.05) is 21.7 Å². The van der Waals surface area contributed by atoms with Crippen molar-refractivity contribution in [2.45, 2.75) is 13.3 Å². The standard InChI is InChI=1S/C17H15BrO/c1-12(9-10-18)11-13-5-4-7-15-14-6-2-3-8-16(14)19-17(13)15/h2-8,11H,9-10H2,1H3/b12-11+. The number of alkyl halides is 1. The molecule has 0 unspecified atom stereocenters. The summed E-state index contributed by atoms with van der Waals surface area (Å²) in [4.78, 5) is 0. The molecule has 3 rings (SSSR count). The zero-order valence-corrected chi connectivity index (χ0v) is 12.4. The van der Waals surface area contributed by atoms with Gasteiger partial charge in [-0.05, 0) is 19.4 Å². The van der Waals surface area contributed by atoms with Crippen LogP contribution in [0.5, 0.6) is 0 Å². The second kappa shape index (κ2) is 5.22. The molecule has 2 aromatic carbocycles. The van der Waals surface area contributed by atoms with Crippen molar-refractivity contribution < 1.29 is 4.42 Å². The van der Waals surface area contributed by atoms with E-state index in [1.54, 1.807) is 0 Å². The zero-order valence-electron chi connectivity index (χ0n) is 10.8. The lowest BCUT2D eigenvalue weighted by molar-refractivity contribution is 0.668. The highest BCUT2D eigenvalue weighted by Gasteiger charge is 2.08. The van der Waals surface area contributed by atoms with Crippen LogP contribution in [0.25, 0.3) is 28.0 Å². The lowest BCUT2D eigenvalue weighted by atomic mass is 10.1. The van der Waals surface area contributed by atoms with Gasteiger partial charge in [-0.1, -0.05) is 64.0 Å². The van der Waals surface area contributed by atoms with Crippen LogP contribution in [-0.2, 0) is 0 Å². The molecular formula is C17H15BrO. The van der Waals surface area contributed by atoms with Crippen molar-refractivity contribution in [3.63, 3.8) is 0 Å². The van der Waals surface area contributed by atoms with Crippen molar-refractivity contribution in [2.24, 2.45) is 0 Å². The molecule has 0 amide bonds. The molecule has 1 nitrogen and oxygen atoms in total. The molecule has 1 heterocycles. The third-order valence-electron chi connectivity index (χ3n) is 3.33. The van der Waals surface area contributed by atoms with E-state index in [9.17, 15) is 0 Å². The quantitative estimate of drug-likeness (QED) is 0.559. The highest BCUT2D eigenvalue weighted by Crippen LogP contribution is 2.31. The molecule has 19 heavy (non-hydrogen) atoms. The van der Waals surface area contributed by atoms with Crippen LogP contribution in [-0.4, -0.2) is 5.33 Å². The highest BCUT2D eigenvalue weighted by molar-refractivity contribution is 9.09. The normalized spacial score (nSPS) is 12.4. The zero-order chi connectivity index (χ0) is 13.2. The van der Waals surface area contributed by atoms with Gasteiger partial charge in [0.1, 0.15) is 11.2 Å². The number of hydrogen-bond donors (Lipinski definition) is 0. The monoisotopic (exact) mass is 314 g/mol. The maximum absolute atomic E-state index is 6.01. The van der Waals surface area contributed by atoms with E-state index in [2.05, 4.69) is 59.3 Å². The van der Waals surface area contributed by atoms with Gasteiger partial charge < -0.3 is 4.42 Å². The van der Waals surface area contributed by atoms with Crippen molar-refractivity contribution >= 4 is 43.9 Å². The molecule has 0 saturated heterocycles. The van der Waals surface area contributed by atoms with Crippen LogP contribution in [0.2, 0.25) is 0 Å². The Morgan fingerprint density at radius 2 is 1.89 bits per heavy atom. The fourth-order valence-electron chi connectivity index (χ4n) is 2.37. The summed E-state index contributed by atoms with van der Waals surface area (Å²) in [5.74, 6) is 0. The Morgan fingerprint density at radius 3 is 2.74 bits per heavy atom. The van der Waals surface area contributed by atoms with Crippen molar-refractivity contribution in [3.05, 3.63) is 53.6 Å².